The van der Waals surface area contributed by atoms with Gasteiger partial charge in [0.05, 0.1) is 5.69 Å². The minimum absolute atomic E-state index is 0.113. The van der Waals surface area contributed by atoms with Gasteiger partial charge in [0.25, 0.3) is 0 Å². The largest absolute Gasteiger partial charge is 0.329 e. The molecular formula is C12H22N2. The molecule has 0 saturated heterocycles. The van der Waals surface area contributed by atoms with Crippen molar-refractivity contribution in [1.82, 2.24) is 9.55 Å². The molecule has 0 bridgehead atoms. The first-order chi connectivity index (χ1) is 6.12. The standard InChI is InChI=1S/C12H22N2/c1-9-8-14(12(5,6)7)10(13-9)11(2,3)4/h8H,1-7H3. The van der Waals surface area contributed by atoms with E-state index >= 15 is 0 Å². The van der Waals surface area contributed by atoms with Gasteiger partial charge in [-0.3, -0.25) is 0 Å². The summed E-state index contributed by atoms with van der Waals surface area (Å²) in [4.78, 5) is 4.61. The number of rotatable bonds is 0. The van der Waals surface area contributed by atoms with Crippen LogP contribution in [0.4, 0.5) is 0 Å². The van der Waals surface area contributed by atoms with Crippen LogP contribution in [-0.4, -0.2) is 9.55 Å². The van der Waals surface area contributed by atoms with Gasteiger partial charge in [0.2, 0.25) is 0 Å². The summed E-state index contributed by atoms with van der Waals surface area (Å²) in [5.74, 6) is 1.17. The predicted octanol–water partition coefficient (Wildman–Crippen LogP) is 3.24. The van der Waals surface area contributed by atoms with Crippen LogP contribution in [0.25, 0.3) is 0 Å². The van der Waals surface area contributed by atoms with Gasteiger partial charge < -0.3 is 4.57 Å². The average molecular weight is 194 g/mol. The first-order valence-electron chi connectivity index (χ1n) is 5.19. The highest BCUT2D eigenvalue weighted by Gasteiger charge is 2.26. The zero-order chi connectivity index (χ0) is 11.1. The lowest BCUT2D eigenvalue weighted by Crippen LogP contribution is -2.29. The van der Waals surface area contributed by atoms with Gasteiger partial charge in [-0.05, 0) is 27.7 Å². The zero-order valence-corrected chi connectivity index (χ0v) is 10.5. The summed E-state index contributed by atoms with van der Waals surface area (Å²) < 4.78 is 2.28. The lowest BCUT2D eigenvalue weighted by molar-refractivity contribution is 0.354. The van der Waals surface area contributed by atoms with Crippen molar-refractivity contribution in [3.05, 3.63) is 17.7 Å². The Labute approximate surface area is 87.4 Å². The Morgan fingerprint density at radius 1 is 1.07 bits per heavy atom. The van der Waals surface area contributed by atoms with E-state index in [-0.39, 0.29) is 11.0 Å². The second kappa shape index (κ2) is 3.11. The molecule has 0 aliphatic heterocycles. The van der Waals surface area contributed by atoms with E-state index in [1.807, 2.05) is 0 Å². The summed E-state index contributed by atoms with van der Waals surface area (Å²) in [6.07, 6.45) is 2.14. The highest BCUT2D eigenvalue weighted by Crippen LogP contribution is 2.26. The van der Waals surface area contributed by atoms with Crippen LogP contribution >= 0.6 is 0 Å². The van der Waals surface area contributed by atoms with Crippen molar-refractivity contribution >= 4 is 0 Å². The molecule has 0 amide bonds. The first kappa shape index (κ1) is 11.3. The molecule has 0 fully saturated rings. The molecule has 1 aromatic heterocycles. The fourth-order valence-electron chi connectivity index (χ4n) is 1.54. The Bertz CT molecular complexity index is 290. The molecule has 0 aliphatic rings. The Balaban J connectivity index is 3.31. The van der Waals surface area contributed by atoms with Crippen molar-refractivity contribution in [3.8, 4) is 0 Å². The van der Waals surface area contributed by atoms with E-state index in [0.29, 0.717) is 0 Å². The predicted molar refractivity (Wildman–Crippen MR) is 60.7 cm³/mol. The number of hydrogen-bond acceptors (Lipinski definition) is 1. The van der Waals surface area contributed by atoms with Gasteiger partial charge in [0.1, 0.15) is 5.82 Å². The van der Waals surface area contributed by atoms with Crippen LogP contribution in [0.15, 0.2) is 6.20 Å². The molecular weight excluding hydrogens is 172 g/mol. The fraction of sp³-hybridized carbons (Fsp3) is 0.750. The van der Waals surface area contributed by atoms with Gasteiger partial charge in [0.15, 0.2) is 0 Å². The minimum Gasteiger partial charge on any atom is -0.329 e. The Hall–Kier alpha value is -0.790. The summed E-state index contributed by atoms with van der Waals surface area (Å²) in [6.45, 7) is 15.3. The van der Waals surface area contributed by atoms with Crippen LogP contribution in [0.3, 0.4) is 0 Å². The third-order valence-electron chi connectivity index (χ3n) is 2.22. The van der Waals surface area contributed by atoms with Crippen molar-refractivity contribution in [2.45, 2.75) is 59.4 Å². The summed E-state index contributed by atoms with van der Waals surface area (Å²) >= 11 is 0. The number of nitrogens with zero attached hydrogens (tertiary/aromatic N) is 2. The second-order valence-corrected chi connectivity index (χ2v) is 6.00. The maximum atomic E-state index is 4.61. The average Bonchev–Trinajstić information content (AvgIpc) is 2.27. The summed E-state index contributed by atoms with van der Waals surface area (Å²) in [6, 6.07) is 0. The lowest BCUT2D eigenvalue weighted by Gasteiger charge is -2.28. The van der Waals surface area contributed by atoms with E-state index in [0.717, 1.165) is 5.69 Å². The third-order valence-corrected chi connectivity index (χ3v) is 2.22. The van der Waals surface area contributed by atoms with Crippen LogP contribution in [0.5, 0.6) is 0 Å². The molecule has 1 aromatic rings. The third kappa shape index (κ3) is 2.17. The molecule has 0 N–H and O–H groups in total. The number of aromatic nitrogens is 2. The van der Waals surface area contributed by atoms with E-state index < -0.39 is 0 Å². The number of aryl methyl sites for hydroxylation is 1. The highest BCUT2D eigenvalue weighted by molar-refractivity contribution is 5.12. The summed E-state index contributed by atoms with van der Waals surface area (Å²) in [5.41, 5.74) is 1.33. The van der Waals surface area contributed by atoms with Crippen molar-refractivity contribution in [2.75, 3.05) is 0 Å². The fourth-order valence-corrected chi connectivity index (χ4v) is 1.54. The molecule has 1 heterocycles. The topological polar surface area (TPSA) is 17.8 Å². The Morgan fingerprint density at radius 2 is 1.57 bits per heavy atom. The maximum Gasteiger partial charge on any atom is 0.114 e. The first-order valence-corrected chi connectivity index (χ1v) is 5.19. The van der Waals surface area contributed by atoms with Crippen molar-refractivity contribution in [3.63, 3.8) is 0 Å². The van der Waals surface area contributed by atoms with Gasteiger partial charge in [-0.1, -0.05) is 20.8 Å². The molecule has 2 nitrogen and oxygen atoms in total. The molecule has 0 radical (unpaired) electrons. The molecule has 0 atom stereocenters. The maximum absolute atomic E-state index is 4.61. The zero-order valence-electron chi connectivity index (χ0n) is 10.5. The smallest absolute Gasteiger partial charge is 0.114 e. The Kier molecular flexibility index (Phi) is 2.51. The molecule has 0 aromatic carbocycles. The van der Waals surface area contributed by atoms with E-state index in [1.54, 1.807) is 0 Å². The number of hydrogen-bond donors (Lipinski definition) is 0. The molecule has 0 unspecified atom stereocenters. The van der Waals surface area contributed by atoms with Crippen LogP contribution in [-0.2, 0) is 11.0 Å². The van der Waals surface area contributed by atoms with Crippen LogP contribution < -0.4 is 0 Å². The van der Waals surface area contributed by atoms with Gasteiger partial charge in [-0.15, -0.1) is 0 Å². The molecule has 0 aliphatic carbocycles. The molecule has 1 rings (SSSR count). The minimum atomic E-state index is 0.113. The normalized spacial score (nSPS) is 13.4. The van der Waals surface area contributed by atoms with Crippen molar-refractivity contribution in [2.24, 2.45) is 0 Å². The SMILES string of the molecule is Cc1cn(C(C)(C)C)c(C(C)(C)C)n1. The van der Waals surface area contributed by atoms with Gasteiger partial charge in [-0.25, -0.2) is 4.98 Å². The number of imidazole rings is 1. The molecule has 0 saturated carbocycles. The van der Waals surface area contributed by atoms with E-state index in [4.69, 9.17) is 0 Å². The van der Waals surface area contributed by atoms with Crippen LogP contribution in [0.2, 0.25) is 0 Å². The lowest BCUT2D eigenvalue weighted by atomic mass is 9.94. The van der Waals surface area contributed by atoms with E-state index in [2.05, 4.69) is 64.2 Å². The van der Waals surface area contributed by atoms with Gasteiger partial charge in [-0.2, -0.15) is 0 Å². The molecule has 0 spiro atoms. The highest BCUT2D eigenvalue weighted by atomic mass is 15.1. The molecule has 14 heavy (non-hydrogen) atoms. The summed E-state index contributed by atoms with van der Waals surface area (Å²) in [7, 11) is 0. The summed E-state index contributed by atoms with van der Waals surface area (Å²) in [5, 5.41) is 0. The quantitative estimate of drug-likeness (QED) is 0.620. The molecule has 2 heteroatoms. The van der Waals surface area contributed by atoms with Gasteiger partial charge >= 0.3 is 0 Å². The molecule has 80 valence electrons. The van der Waals surface area contributed by atoms with Crippen molar-refractivity contribution in [1.29, 1.82) is 0 Å². The van der Waals surface area contributed by atoms with Crippen LogP contribution in [0, 0.1) is 6.92 Å². The van der Waals surface area contributed by atoms with Gasteiger partial charge in [0, 0.05) is 17.2 Å². The Morgan fingerprint density at radius 3 is 1.86 bits per heavy atom. The second-order valence-electron chi connectivity index (χ2n) is 6.00. The van der Waals surface area contributed by atoms with E-state index in [9.17, 15) is 0 Å². The van der Waals surface area contributed by atoms with E-state index in [1.165, 1.54) is 5.82 Å². The van der Waals surface area contributed by atoms with Crippen molar-refractivity contribution < 1.29 is 0 Å². The monoisotopic (exact) mass is 194 g/mol. The van der Waals surface area contributed by atoms with Crippen LogP contribution in [0.1, 0.15) is 53.1 Å².